The minimum absolute atomic E-state index is 0.156. The molecule has 1 aromatic carbocycles. The molecule has 1 N–H and O–H groups in total. The fourth-order valence-corrected chi connectivity index (χ4v) is 3.39. The zero-order valence-electron chi connectivity index (χ0n) is 16.0. The topological polar surface area (TPSA) is 75.6 Å². The van der Waals surface area contributed by atoms with Gasteiger partial charge in [-0.15, -0.1) is 0 Å². The molecule has 0 amide bonds. The number of ether oxygens (including phenoxy) is 2. The number of rotatable bonds is 4. The SMILES string of the molecule is FC(F)(F)c1cc(Nc2nc(N3CCOCC3)nc(N3CCOCC3)n2)ccc1Cl. The normalized spacial score (nSPS) is 17.9. The maximum atomic E-state index is 13.2. The molecule has 162 valence electrons. The van der Waals surface area contributed by atoms with Crippen molar-refractivity contribution < 1.29 is 22.6 Å². The number of morpholine rings is 2. The second kappa shape index (κ2) is 8.78. The molecule has 0 spiro atoms. The first kappa shape index (κ1) is 20.9. The number of hydrogen-bond acceptors (Lipinski definition) is 8. The monoisotopic (exact) mass is 444 g/mol. The second-order valence-electron chi connectivity index (χ2n) is 6.78. The Balaban J connectivity index is 1.66. The van der Waals surface area contributed by atoms with Crippen molar-refractivity contribution in [3.05, 3.63) is 28.8 Å². The summed E-state index contributed by atoms with van der Waals surface area (Å²) >= 11 is 5.71. The molecule has 30 heavy (non-hydrogen) atoms. The first-order chi connectivity index (χ1) is 14.4. The van der Waals surface area contributed by atoms with E-state index in [4.69, 9.17) is 21.1 Å². The largest absolute Gasteiger partial charge is 0.417 e. The van der Waals surface area contributed by atoms with Gasteiger partial charge in [-0.25, -0.2) is 0 Å². The Kier molecular flexibility index (Phi) is 6.11. The van der Waals surface area contributed by atoms with E-state index in [9.17, 15) is 13.2 Å². The number of nitrogens with one attached hydrogen (secondary N) is 1. The highest BCUT2D eigenvalue weighted by Gasteiger charge is 2.33. The van der Waals surface area contributed by atoms with Crippen LogP contribution >= 0.6 is 11.6 Å². The van der Waals surface area contributed by atoms with Crippen LogP contribution in [0.25, 0.3) is 0 Å². The first-order valence-corrected chi connectivity index (χ1v) is 9.83. The second-order valence-corrected chi connectivity index (χ2v) is 7.18. The lowest BCUT2D eigenvalue weighted by atomic mass is 10.2. The average molecular weight is 445 g/mol. The van der Waals surface area contributed by atoms with Gasteiger partial charge in [0.25, 0.3) is 0 Å². The number of nitrogens with zero attached hydrogens (tertiary/aromatic N) is 5. The summed E-state index contributed by atoms with van der Waals surface area (Å²) in [4.78, 5) is 17.3. The molecule has 2 aromatic rings. The van der Waals surface area contributed by atoms with Crippen LogP contribution in [0.15, 0.2) is 18.2 Å². The summed E-state index contributed by atoms with van der Waals surface area (Å²) in [6.45, 7) is 4.66. The summed E-state index contributed by atoms with van der Waals surface area (Å²) in [5, 5.41) is 2.50. The van der Waals surface area contributed by atoms with Gasteiger partial charge in [-0.3, -0.25) is 0 Å². The van der Waals surface area contributed by atoms with Gasteiger partial charge in [-0.1, -0.05) is 11.6 Å². The molecular weight excluding hydrogens is 425 g/mol. The highest BCUT2D eigenvalue weighted by Crippen LogP contribution is 2.36. The summed E-state index contributed by atoms with van der Waals surface area (Å²) in [5.74, 6) is 1.05. The fraction of sp³-hybridized carbons (Fsp3) is 0.500. The van der Waals surface area contributed by atoms with E-state index in [-0.39, 0.29) is 16.7 Å². The van der Waals surface area contributed by atoms with Gasteiger partial charge in [-0.2, -0.15) is 28.1 Å². The fourth-order valence-electron chi connectivity index (χ4n) is 3.17. The molecule has 2 aliphatic heterocycles. The lowest BCUT2D eigenvalue weighted by Gasteiger charge is -2.30. The number of halogens is 4. The lowest BCUT2D eigenvalue weighted by molar-refractivity contribution is -0.137. The summed E-state index contributed by atoms with van der Waals surface area (Å²) in [5.41, 5.74) is -0.746. The predicted molar refractivity (Wildman–Crippen MR) is 106 cm³/mol. The molecule has 0 atom stereocenters. The van der Waals surface area contributed by atoms with Crippen molar-refractivity contribution in [3.63, 3.8) is 0 Å². The Morgan fingerprint density at radius 3 is 1.90 bits per heavy atom. The van der Waals surface area contributed by atoms with Gasteiger partial charge < -0.3 is 24.6 Å². The highest BCUT2D eigenvalue weighted by molar-refractivity contribution is 6.31. The van der Waals surface area contributed by atoms with Gasteiger partial charge in [0.2, 0.25) is 17.8 Å². The van der Waals surface area contributed by atoms with Gasteiger partial charge in [0, 0.05) is 31.9 Å². The molecule has 8 nitrogen and oxygen atoms in total. The van der Waals surface area contributed by atoms with Crippen molar-refractivity contribution in [2.75, 3.05) is 67.7 Å². The van der Waals surface area contributed by atoms with Crippen molar-refractivity contribution >= 4 is 35.1 Å². The summed E-state index contributed by atoms with van der Waals surface area (Å²) < 4.78 is 50.3. The van der Waals surface area contributed by atoms with Crippen LogP contribution in [0.1, 0.15) is 5.56 Å². The predicted octanol–water partition coefficient (Wildman–Crippen LogP) is 2.96. The van der Waals surface area contributed by atoms with Crippen LogP contribution in [0.5, 0.6) is 0 Å². The molecule has 3 heterocycles. The number of alkyl halides is 3. The number of anilines is 4. The number of hydrogen-bond donors (Lipinski definition) is 1. The van der Waals surface area contributed by atoms with Gasteiger partial charge >= 0.3 is 6.18 Å². The minimum atomic E-state index is -4.56. The Hall–Kier alpha value is -2.37. The Morgan fingerprint density at radius 1 is 0.867 bits per heavy atom. The van der Waals surface area contributed by atoms with E-state index in [2.05, 4.69) is 20.3 Å². The molecule has 0 aliphatic carbocycles. The maximum Gasteiger partial charge on any atom is 0.417 e. The van der Waals surface area contributed by atoms with E-state index in [1.165, 1.54) is 12.1 Å². The van der Waals surface area contributed by atoms with Crippen LogP contribution in [-0.2, 0) is 15.7 Å². The van der Waals surface area contributed by atoms with Gasteiger partial charge in [0.15, 0.2) is 0 Å². The Morgan fingerprint density at radius 2 is 1.40 bits per heavy atom. The van der Waals surface area contributed by atoms with Crippen LogP contribution in [0, 0.1) is 0 Å². The zero-order chi connectivity index (χ0) is 21.1. The van der Waals surface area contributed by atoms with Gasteiger partial charge in [-0.05, 0) is 18.2 Å². The highest BCUT2D eigenvalue weighted by atomic mass is 35.5. The molecule has 0 radical (unpaired) electrons. The molecule has 0 bridgehead atoms. The molecule has 0 unspecified atom stereocenters. The molecule has 4 rings (SSSR count). The molecular formula is C18H20ClF3N6O2. The smallest absolute Gasteiger partial charge is 0.378 e. The molecule has 12 heteroatoms. The Bertz CT molecular complexity index is 852. The van der Waals surface area contributed by atoms with E-state index in [0.717, 1.165) is 6.07 Å². The lowest BCUT2D eigenvalue weighted by Crippen LogP contribution is -2.40. The summed E-state index contributed by atoms with van der Waals surface area (Å²) in [6, 6.07) is 3.58. The van der Waals surface area contributed by atoms with E-state index >= 15 is 0 Å². The maximum absolute atomic E-state index is 13.2. The molecule has 1 aromatic heterocycles. The third kappa shape index (κ3) is 4.85. The third-order valence-corrected chi connectivity index (χ3v) is 5.06. The van der Waals surface area contributed by atoms with E-state index in [1.54, 1.807) is 0 Å². The van der Waals surface area contributed by atoms with Gasteiger partial charge in [0.1, 0.15) is 0 Å². The van der Waals surface area contributed by atoms with Crippen molar-refractivity contribution in [2.24, 2.45) is 0 Å². The quantitative estimate of drug-likeness (QED) is 0.771. The van der Waals surface area contributed by atoms with Crippen LogP contribution in [-0.4, -0.2) is 67.6 Å². The van der Waals surface area contributed by atoms with Crippen LogP contribution in [0.4, 0.5) is 36.7 Å². The van der Waals surface area contributed by atoms with Gasteiger partial charge in [0.05, 0.1) is 37.0 Å². The zero-order valence-corrected chi connectivity index (χ0v) is 16.7. The first-order valence-electron chi connectivity index (χ1n) is 9.45. The summed E-state index contributed by atoms with van der Waals surface area (Å²) in [7, 11) is 0. The average Bonchev–Trinajstić information content (AvgIpc) is 2.75. The van der Waals surface area contributed by atoms with Crippen molar-refractivity contribution in [1.82, 2.24) is 15.0 Å². The van der Waals surface area contributed by atoms with Crippen LogP contribution in [0.3, 0.4) is 0 Å². The van der Waals surface area contributed by atoms with E-state index < -0.39 is 11.7 Å². The third-order valence-electron chi connectivity index (χ3n) is 4.73. The van der Waals surface area contributed by atoms with E-state index in [1.807, 2.05) is 9.80 Å². The Labute approximate surface area is 176 Å². The van der Waals surface area contributed by atoms with E-state index in [0.29, 0.717) is 64.5 Å². The van der Waals surface area contributed by atoms with Crippen LogP contribution in [0.2, 0.25) is 5.02 Å². The molecule has 2 fully saturated rings. The number of benzene rings is 1. The standard InChI is InChI=1S/C18H20ClF3N6O2/c19-14-2-1-12(11-13(14)18(20,21)22)23-15-24-16(27-3-7-29-8-4-27)26-17(25-15)28-5-9-30-10-6-28/h1-2,11H,3-10H2,(H,23,24,25,26). The van der Waals surface area contributed by atoms with Crippen molar-refractivity contribution in [1.29, 1.82) is 0 Å². The molecule has 2 saturated heterocycles. The molecule has 2 aliphatic rings. The molecule has 0 saturated carbocycles. The van der Waals surface area contributed by atoms with Crippen molar-refractivity contribution in [3.8, 4) is 0 Å². The minimum Gasteiger partial charge on any atom is -0.378 e. The van der Waals surface area contributed by atoms with Crippen LogP contribution < -0.4 is 15.1 Å². The van der Waals surface area contributed by atoms with Crippen molar-refractivity contribution in [2.45, 2.75) is 6.18 Å². The number of aromatic nitrogens is 3. The summed E-state index contributed by atoms with van der Waals surface area (Å²) in [6.07, 6.45) is -4.56.